The van der Waals surface area contributed by atoms with Crippen molar-refractivity contribution >= 4 is 0 Å². The molecule has 1 aliphatic carbocycles. The summed E-state index contributed by atoms with van der Waals surface area (Å²) in [5.41, 5.74) is 3.19. The van der Waals surface area contributed by atoms with Crippen LogP contribution in [-0.4, -0.2) is 17.6 Å². The van der Waals surface area contributed by atoms with Crippen LogP contribution < -0.4 is 0 Å². The summed E-state index contributed by atoms with van der Waals surface area (Å²) in [7, 11) is 2.47. The predicted molar refractivity (Wildman–Crippen MR) is 66.9 cm³/mol. The minimum Gasteiger partial charge on any atom is -0.316 e. The fraction of sp³-hybridized carbons (Fsp3) is 0.600. The normalized spacial score (nSPS) is 24.3. The van der Waals surface area contributed by atoms with E-state index in [9.17, 15) is 0 Å². The van der Waals surface area contributed by atoms with E-state index in [1.165, 1.54) is 49.7 Å². The van der Waals surface area contributed by atoms with Gasteiger partial charge >= 0.3 is 0 Å². The minimum atomic E-state index is 0.918. The molecule has 16 heavy (non-hydrogen) atoms. The Bertz CT molecular complexity index is 352. The molecule has 1 fully saturated rings. The molecule has 0 atom stereocenters. The van der Waals surface area contributed by atoms with E-state index in [4.69, 9.17) is 0 Å². The fourth-order valence-corrected chi connectivity index (χ4v) is 3.66. The van der Waals surface area contributed by atoms with Gasteiger partial charge in [-0.1, -0.05) is 30.7 Å². The van der Waals surface area contributed by atoms with Crippen LogP contribution in [0, 0.1) is 0 Å². The lowest BCUT2D eigenvalue weighted by Gasteiger charge is -2.40. The Morgan fingerprint density at radius 3 is 2.06 bits per heavy atom. The van der Waals surface area contributed by atoms with Gasteiger partial charge in [0.1, 0.15) is 13.1 Å². The maximum absolute atomic E-state index is 2.47. The largest absolute Gasteiger partial charge is 0.316 e. The van der Waals surface area contributed by atoms with Gasteiger partial charge in [0.15, 0.2) is 0 Å². The van der Waals surface area contributed by atoms with E-state index in [1.807, 2.05) is 0 Å². The van der Waals surface area contributed by atoms with Gasteiger partial charge < -0.3 is 4.48 Å². The second-order valence-electron chi connectivity index (χ2n) is 5.86. The molecule has 0 N–H and O–H groups in total. The van der Waals surface area contributed by atoms with E-state index in [0.29, 0.717) is 0 Å². The maximum atomic E-state index is 2.47. The first kappa shape index (κ1) is 10.3. The molecule has 0 unspecified atom stereocenters. The summed E-state index contributed by atoms with van der Waals surface area (Å²) in [6.45, 7) is 2.53. The van der Waals surface area contributed by atoms with Gasteiger partial charge in [-0.25, -0.2) is 0 Å². The standard InChI is InChI=1S/C15H22N/c1-16(15-9-3-2-4-10-15)11-13-7-5-6-8-14(13)12-16/h5-8,15H,2-4,9-12H2,1H3/q+1. The van der Waals surface area contributed by atoms with Crippen LogP contribution in [-0.2, 0) is 13.1 Å². The van der Waals surface area contributed by atoms with E-state index in [2.05, 4.69) is 31.3 Å². The van der Waals surface area contributed by atoms with Gasteiger partial charge in [0.25, 0.3) is 0 Å². The molecule has 1 aromatic carbocycles. The number of nitrogens with zero attached hydrogens (tertiary/aromatic N) is 1. The van der Waals surface area contributed by atoms with Crippen LogP contribution in [0.3, 0.4) is 0 Å². The first-order valence-electron chi connectivity index (χ1n) is 6.69. The Morgan fingerprint density at radius 2 is 1.50 bits per heavy atom. The number of fused-ring (bicyclic) bond motifs is 1. The Hall–Kier alpha value is -0.820. The van der Waals surface area contributed by atoms with Gasteiger partial charge in [0, 0.05) is 11.1 Å². The van der Waals surface area contributed by atoms with Gasteiger partial charge in [0.05, 0.1) is 13.1 Å². The van der Waals surface area contributed by atoms with Crippen LogP contribution in [0.5, 0.6) is 0 Å². The summed E-state index contributed by atoms with van der Waals surface area (Å²) >= 11 is 0. The third kappa shape index (κ3) is 1.67. The molecule has 0 aromatic heterocycles. The average molecular weight is 216 g/mol. The molecule has 2 aliphatic rings. The van der Waals surface area contributed by atoms with Crippen molar-refractivity contribution in [3.05, 3.63) is 35.4 Å². The second kappa shape index (κ2) is 3.89. The number of benzene rings is 1. The van der Waals surface area contributed by atoms with E-state index in [1.54, 1.807) is 11.1 Å². The number of hydrogen-bond acceptors (Lipinski definition) is 0. The summed E-state index contributed by atoms with van der Waals surface area (Å²) in [6, 6.07) is 9.94. The van der Waals surface area contributed by atoms with Gasteiger partial charge in [0.2, 0.25) is 0 Å². The topological polar surface area (TPSA) is 0 Å². The quantitative estimate of drug-likeness (QED) is 0.630. The van der Waals surface area contributed by atoms with Gasteiger partial charge in [-0.2, -0.15) is 0 Å². The Kier molecular flexibility index (Phi) is 2.51. The summed E-state index contributed by atoms with van der Waals surface area (Å²) in [6.07, 6.45) is 7.27. The highest BCUT2D eigenvalue weighted by molar-refractivity contribution is 5.28. The Balaban J connectivity index is 1.82. The summed E-state index contributed by atoms with van der Waals surface area (Å²) < 4.78 is 1.28. The highest BCUT2D eigenvalue weighted by atomic mass is 15.4. The highest BCUT2D eigenvalue weighted by Gasteiger charge is 2.38. The number of rotatable bonds is 1. The first-order chi connectivity index (χ1) is 7.78. The van der Waals surface area contributed by atoms with Crippen LogP contribution >= 0.6 is 0 Å². The molecule has 3 rings (SSSR count). The summed E-state index contributed by atoms with van der Waals surface area (Å²) in [4.78, 5) is 0. The van der Waals surface area contributed by atoms with Crippen LogP contribution in [0.25, 0.3) is 0 Å². The maximum Gasteiger partial charge on any atom is 0.105 e. The molecule has 1 saturated carbocycles. The zero-order chi connectivity index (χ0) is 11.0. The van der Waals surface area contributed by atoms with E-state index >= 15 is 0 Å². The van der Waals surface area contributed by atoms with E-state index < -0.39 is 0 Å². The third-order valence-corrected chi connectivity index (χ3v) is 4.64. The molecule has 1 heteroatoms. The lowest BCUT2D eigenvalue weighted by molar-refractivity contribution is -0.953. The molecule has 86 valence electrons. The van der Waals surface area contributed by atoms with Crippen molar-refractivity contribution in [1.29, 1.82) is 0 Å². The highest BCUT2D eigenvalue weighted by Crippen LogP contribution is 2.36. The van der Waals surface area contributed by atoms with E-state index in [0.717, 1.165) is 6.04 Å². The van der Waals surface area contributed by atoms with Crippen LogP contribution in [0.2, 0.25) is 0 Å². The minimum absolute atomic E-state index is 0.918. The zero-order valence-corrected chi connectivity index (χ0v) is 10.3. The summed E-state index contributed by atoms with van der Waals surface area (Å²) in [5.74, 6) is 0. The molecule has 0 spiro atoms. The van der Waals surface area contributed by atoms with Gasteiger partial charge in [-0.3, -0.25) is 0 Å². The molecule has 1 aromatic rings. The van der Waals surface area contributed by atoms with Crippen molar-refractivity contribution in [2.24, 2.45) is 0 Å². The molecule has 0 radical (unpaired) electrons. The summed E-state index contributed by atoms with van der Waals surface area (Å²) in [5, 5.41) is 0. The monoisotopic (exact) mass is 216 g/mol. The predicted octanol–water partition coefficient (Wildman–Crippen LogP) is 3.48. The molecule has 0 amide bonds. The zero-order valence-electron chi connectivity index (χ0n) is 10.3. The van der Waals surface area contributed by atoms with Crippen molar-refractivity contribution in [3.8, 4) is 0 Å². The van der Waals surface area contributed by atoms with Gasteiger partial charge in [-0.05, 0) is 25.7 Å². The van der Waals surface area contributed by atoms with Crippen LogP contribution in [0.4, 0.5) is 0 Å². The first-order valence-corrected chi connectivity index (χ1v) is 6.69. The molecular formula is C15H22N+. The van der Waals surface area contributed by atoms with E-state index in [-0.39, 0.29) is 0 Å². The van der Waals surface area contributed by atoms with Crippen molar-refractivity contribution in [1.82, 2.24) is 0 Å². The fourth-order valence-electron chi connectivity index (χ4n) is 3.66. The Labute approximate surface area is 98.7 Å². The van der Waals surface area contributed by atoms with Crippen molar-refractivity contribution in [2.45, 2.75) is 51.2 Å². The third-order valence-electron chi connectivity index (χ3n) is 4.64. The molecule has 0 saturated heterocycles. The molecule has 0 bridgehead atoms. The molecule has 1 nitrogen and oxygen atoms in total. The molecule has 1 aliphatic heterocycles. The average Bonchev–Trinajstić information content (AvgIpc) is 2.68. The lowest BCUT2D eigenvalue weighted by Crippen LogP contribution is -2.48. The smallest absolute Gasteiger partial charge is 0.105 e. The van der Waals surface area contributed by atoms with Crippen LogP contribution in [0.1, 0.15) is 43.2 Å². The van der Waals surface area contributed by atoms with Crippen molar-refractivity contribution in [2.75, 3.05) is 7.05 Å². The van der Waals surface area contributed by atoms with Crippen molar-refractivity contribution in [3.63, 3.8) is 0 Å². The number of hydrogen-bond donors (Lipinski definition) is 0. The molecule has 1 heterocycles. The number of quaternary nitrogens is 1. The van der Waals surface area contributed by atoms with Gasteiger partial charge in [-0.15, -0.1) is 0 Å². The Morgan fingerprint density at radius 1 is 0.938 bits per heavy atom. The second-order valence-corrected chi connectivity index (χ2v) is 5.86. The lowest BCUT2D eigenvalue weighted by atomic mass is 9.93. The van der Waals surface area contributed by atoms with Crippen LogP contribution in [0.15, 0.2) is 24.3 Å². The van der Waals surface area contributed by atoms with Crippen molar-refractivity contribution < 1.29 is 4.48 Å². The molecular weight excluding hydrogens is 194 g/mol. The SMILES string of the molecule is C[N+]1(C2CCCCC2)Cc2ccccc2C1.